The van der Waals surface area contributed by atoms with Crippen LogP contribution in [0.3, 0.4) is 0 Å². The fourth-order valence-electron chi connectivity index (χ4n) is 8.21. The molecule has 0 rings (SSSR count). The molecular weight excluding hydrogens is 817 g/mol. The maximum Gasteiger partial charge on any atom is 0.306 e. The Morgan fingerprint density at radius 1 is 0.303 bits per heavy atom. The highest BCUT2D eigenvalue weighted by Gasteiger charge is 2.19. The molecule has 0 aliphatic carbocycles. The lowest BCUT2D eigenvalue weighted by atomic mass is 10.1. The molecular formula is C60H108O6. The fourth-order valence-corrected chi connectivity index (χ4v) is 8.21. The average molecular weight is 926 g/mol. The number of esters is 3. The Morgan fingerprint density at radius 3 is 0.894 bits per heavy atom. The highest BCUT2D eigenvalue weighted by atomic mass is 16.6. The molecule has 0 spiro atoms. The fraction of sp³-hybridized carbons (Fsp3) is 0.817. The minimum absolute atomic E-state index is 0.0764. The maximum atomic E-state index is 12.8. The Labute approximate surface area is 409 Å². The van der Waals surface area contributed by atoms with Crippen molar-refractivity contribution in [2.45, 2.75) is 303 Å². The van der Waals surface area contributed by atoms with Gasteiger partial charge in [0, 0.05) is 19.3 Å². The van der Waals surface area contributed by atoms with Crippen LogP contribution in [-0.2, 0) is 28.6 Å². The van der Waals surface area contributed by atoms with Crippen LogP contribution >= 0.6 is 0 Å². The summed E-state index contributed by atoms with van der Waals surface area (Å²) in [4.78, 5) is 38.1. The molecule has 6 heteroatoms. The maximum absolute atomic E-state index is 12.8. The molecule has 0 fully saturated rings. The summed E-state index contributed by atoms with van der Waals surface area (Å²) in [5, 5.41) is 0. The van der Waals surface area contributed by atoms with E-state index >= 15 is 0 Å². The number of allylic oxidation sites excluding steroid dienone is 8. The number of ether oxygens (including phenoxy) is 3. The van der Waals surface area contributed by atoms with Gasteiger partial charge < -0.3 is 14.2 Å². The van der Waals surface area contributed by atoms with Gasteiger partial charge in [-0.1, -0.05) is 243 Å². The van der Waals surface area contributed by atoms with Gasteiger partial charge in [0.2, 0.25) is 0 Å². The molecule has 66 heavy (non-hydrogen) atoms. The van der Waals surface area contributed by atoms with E-state index in [0.717, 1.165) is 77.0 Å². The molecule has 0 aromatic heterocycles. The normalized spacial score (nSPS) is 12.3. The van der Waals surface area contributed by atoms with Gasteiger partial charge >= 0.3 is 17.9 Å². The monoisotopic (exact) mass is 925 g/mol. The highest BCUT2D eigenvalue weighted by Crippen LogP contribution is 2.15. The van der Waals surface area contributed by atoms with E-state index in [1.807, 2.05) is 0 Å². The van der Waals surface area contributed by atoms with Crippen molar-refractivity contribution in [2.75, 3.05) is 13.2 Å². The molecule has 0 saturated heterocycles. The van der Waals surface area contributed by atoms with Crippen LogP contribution in [-0.4, -0.2) is 37.2 Å². The van der Waals surface area contributed by atoms with Gasteiger partial charge in [-0.3, -0.25) is 14.4 Å². The van der Waals surface area contributed by atoms with E-state index in [0.29, 0.717) is 19.3 Å². The highest BCUT2D eigenvalue weighted by molar-refractivity contribution is 5.71. The van der Waals surface area contributed by atoms with Gasteiger partial charge in [0.1, 0.15) is 13.2 Å². The minimum atomic E-state index is -0.778. The zero-order chi connectivity index (χ0) is 47.9. The predicted octanol–water partition coefficient (Wildman–Crippen LogP) is 19.0. The third kappa shape index (κ3) is 52.3. The van der Waals surface area contributed by atoms with E-state index in [1.54, 1.807) is 0 Å². The van der Waals surface area contributed by atoms with Crippen molar-refractivity contribution in [3.63, 3.8) is 0 Å². The summed E-state index contributed by atoms with van der Waals surface area (Å²) >= 11 is 0. The largest absolute Gasteiger partial charge is 0.462 e. The van der Waals surface area contributed by atoms with E-state index in [9.17, 15) is 14.4 Å². The van der Waals surface area contributed by atoms with Gasteiger partial charge in [0.05, 0.1) is 0 Å². The summed E-state index contributed by atoms with van der Waals surface area (Å²) in [5.41, 5.74) is 0. The first-order valence-electron chi connectivity index (χ1n) is 28.6. The van der Waals surface area contributed by atoms with Gasteiger partial charge in [-0.2, -0.15) is 0 Å². The molecule has 0 aromatic rings. The van der Waals surface area contributed by atoms with E-state index in [4.69, 9.17) is 14.2 Å². The van der Waals surface area contributed by atoms with Gasteiger partial charge in [-0.25, -0.2) is 0 Å². The van der Waals surface area contributed by atoms with E-state index in [2.05, 4.69) is 69.4 Å². The molecule has 384 valence electrons. The number of rotatable bonds is 52. The quantitative estimate of drug-likeness (QED) is 0.0262. The summed E-state index contributed by atoms with van der Waals surface area (Å²) in [6.45, 7) is 6.62. The Morgan fingerprint density at radius 2 is 0.545 bits per heavy atom. The van der Waals surface area contributed by atoms with Gasteiger partial charge in [-0.05, 0) is 83.5 Å². The molecule has 0 aliphatic rings. The third-order valence-electron chi connectivity index (χ3n) is 12.6. The van der Waals surface area contributed by atoms with Crippen molar-refractivity contribution in [1.29, 1.82) is 0 Å². The Hall–Kier alpha value is -2.63. The number of carbonyl (C=O) groups is 3. The second kappa shape index (κ2) is 55.0. The Kier molecular flexibility index (Phi) is 52.8. The standard InChI is InChI=1S/C60H108O6/c1-4-7-10-13-16-19-22-24-26-28-30-32-33-35-38-41-44-47-50-53-59(62)65-56-57(55-64-58(61)52-49-46-43-40-37-21-18-15-12-9-6-3)66-60(63)54-51-48-45-42-39-36-34-31-29-27-25-23-20-17-14-11-8-5-2/h16,19,24,26-27,29-30,32,57H,4-15,17-18,20-23,25,28,31,33-56H2,1-3H3/b19-16-,26-24-,29-27-,32-30-. The van der Waals surface area contributed by atoms with Crippen LogP contribution in [0.1, 0.15) is 297 Å². The topological polar surface area (TPSA) is 78.9 Å². The van der Waals surface area contributed by atoms with E-state index in [1.165, 1.54) is 180 Å². The summed E-state index contributed by atoms with van der Waals surface area (Å²) in [6, 6.07) is 0. The van der Waals surface area contributed by atoms with Gasteiger partial charge in [0.25, 0.3) is 0 Å². The minimum Gasteiger partial charge on any atom is -0.462 e. The van der Waals surface area contributed by atoms with Crippen molar-refractivity contribution in [3.05, 3.63) is 48.6 Å². The number of unbranched alkanes of at least 4 members (excludes halogenated alkanes) is 33. The van der Waals surface area contributed by atoms with Gasteiger partial charge in [-0.15, -0.1) is 0 Å². The molecule has 0 bridgehead atoms. The van der Waals surface area contributed by atoms with Crippen LogP contribution in [0.2, 0.25) is 0 Å². The summed E-state index contributed by atoms with van der Waals surface area (Å²) in [5.74, 6) is -0.882. The first-order valence-corrected chi connectivity index (χ1v) is 28.6. The molecule has 0 aliphatic heterocycles. The molecule has 0 N–H and O–H groups in total. The van der Waals surface area contributed by atoms with Crippen LogP contribution in [0.4, 0.5) is 0 Å². The molecule has 1 unspecified atom stereocenters. The summed E-state index contributed by atoms with van der Waals surface area (Å²) in [7, 11) is 0. The Bertz CT molecular complexity index is 1150. The zero-order valence-corrected chi connectivity index (χ0v) is 44.0. The number of hydrogen-bond donors (Lipinski definition) is 0. The van der Waals surface area contributed by atoms with E-state index < -0.39 is 6.10 Å². The summed E-state index contributed by atoms with van der Waals surface area (Å²) < 4.78 is 16.8. The van der Waals surface area contributed by atoms with Crippen molar-refractivity contribution < 1.29 is 28.6 Å². The van der Waals surface area contributed by atoms with Gasteiger partial charge in [0.15, 0.2) is 6.10 Å². The van der Waals surface area contributed by atoms with Crippen LogP contribution in [0, 0.1) is 0 Å². The molecule has 0 saturated carbocycles. The number of hydrogen-bond acceptors (Lipinski definition) is 6. The predicted molar refractivity (Wildman–Crippen MR) is 284 cm³/mol. The van der Waals surface area contributed by atoms with Crippen molar-refractivity contribution in [1.82, 2.24) is 0 Å². The second-order valence-electron chi connectivity index (χ2n) is 19.2. The number of carbonyl (C=O) groups excluding carboxylic acids is 3. The molecule has 1 atom stereocenters. The molecule has 0 amide bonds. The Balaban J connectivity index is 4.35. The van der Waals surface area contributed by atoms with Crippen LogP contribution in [0.5, 0.6) is 0 Å². The van der Waals surface area contributed by atoms with Crippen molar-refractivity contribution >= 4 is 17.9 Å². The lowest BCUT2D eigenvalue weighted by molar-refractivity contribution is -0.167. The molecule has 0 radical (unpaired) electrons. The summed E-state index contributed by atoms with van der Waals surface area (Å²) in [6.07, 6.45) is 66.7. The molecule has 0 heterocycles. The second-order valence-corrected chi connectivity index (χ2v) is 19.2. The lowest BCUT2D eigenvalue weighted by Gasteiger charge is -2.18. The first kappa shape index (κ1) is 63.4. The lowest BCUT2D eigenvalue weighted by Crippen LogP contribution is -2.30. The van der Waals surface area contributed by atoms with Crippen LogP contribution in [0.25, 0.3) is 0 Å². The zero-order valence-electron chi connectivity index (χ0n) is 44.0. The van der Waals surface area contributed by atoms with Crippen LogP contribution in [0.15, 0.2) is 48.6 Å². The molecule has 0 aromatic carbocycles. The smallest absolute Gasteiger partial charge is 0.306 e. The average Bonchev–Trinajstić information content (AvgIpc) is 3.31. The first-order chi connectivity index (χ1) is 32.5. The van der Waals surface area contributed by atoms with Crippen molar-refractivity contribution in [3.8, 4) is 0 Å². The van der Waals surface area contributed by atoms with Crippen molar-refractivity contribution in [2.24, 2.45) is 0 Å². The molecule has 6 nitrogen and oxygen atoms in total. The van der Waals surface area contributed by atoms with Crippen LogP contribution < -0.4 is 0 Å². The van der Waals surface area contributed by atoms with E-state index in [-0.39, 0.29) is 31.1 Å². The third-order valence-corrected chi connectivity index (χ3v) is 12.6. The SMILES string of the molecule is CCCCC/C=C\C/C=C\C/C=C\CCCCCCCCC(=O)OCC(COC(=O)CCCCCCCCCCCCC)OC(=O)CCCCCCCCC/C=C\CCCCCCCCC.